The summed E-state index contributed by atoms with van der Waals surface area (Å²) in [6, 6.07) is 19.8. The second-order valence-electron chi connectivity index (χ2n) is 5.43. The van der Waals surface area contributed by atoms with Crippen molar-refractivity contribution < 1.29 is 0 Å². The zero-order valence-electron chi connectivity index (χ0n) is 11.3. The number of hydrogen-bond acceptors (Lipinski definition) is 0. The molecule has 0 bridgehead atoms. The lowest BCUT2D eigenvalue weighted by Gasteiger charge is -2.12. The summed E-state index contributed by atoms with van der Waals surface area (Å²) >= 11 is 0. The van der Waals surface area contributed by atoms with Crippen molar-refractivity contribution in [3.05, 3.63) is 84.0 Å². The summed E-state index contributed by atoms with van der Waals surface area (Å²) in [7, 11) is 0. The van der Waals surface area contributed by atoms with Gasteiger partial charge < -0.3 is 0 Å². The van der Waals surface area contributed by atoms with Crippen molar-refractivity contribution in [2.75, 3.05) is 0 Å². The Bertz CT molecular complexity index is 796. The van der Waals surface area contributed by atoms with Crippen LogP contribution in [0.25, 0.3) is 21.5 Å². The Hall–Kier alpha value is -2.34. The molecule has 0 aliphatic heterocycles. The average Bonchev–Trinajstić information content (AvgIpc) is 3.00. The molecule has 0 spiro atoms. The molecule has 0 fully saturated rings. The minimum absolute atomic E-state index is 1.05. The zero-order chi connectivity index (χ0) is 13.4. The molecule has 0 heterocycles. The van der Waals surface area contributed by atoms with Gasteiger partial charge in [0, 0.05) is 0 Å². The van der Waals surface area contributed by atoms with Gasteiger partial charge in [0.2, 0.25) is 0 Å². The Balaban J connectivity index is 2.01. The predicted octanol–water partition coefficient (Wildman–Crippen LogP) is 5.42. The van der Waals surface area contributed by atoms with E-state index in [4.69, 9.17) is 0 Å². The van der Waals surface area contributed by atoms with Crippen LogP contribution in [0.5, 0.6) is 0 Å². The smallest absolute Gasteiger partial charge is 0.00485 e. The maximum Gasteiger partial charge on any atom is -0.00485 e. The quantitative estimate of drug-likeness (QED) is 0.537. The Morgan fingerprint density at radius 3 is 2.05 bits per heavy atom. The van der Waals surface area contributed by atoms with Gasteiger partial charge in [0.25, 0.3) is 0 Å². The molecule has 4 rings (SSSR count). The van der Waals surface area contributed by atoms with Gasteiger partial charge in [-0.25, -0.2) is 0 Å². The van der Waals surface area contributed by atoms with E-state index in [0.29, 0.717) is 0 Å². The topological polar surface area (TPSA) is 0 Å². The lowest BCUT2D eigenvalue weighted by molar-refractivity contribution is 1.11. The SMILES string of the molecule is C1=CCC(Cc2c3ccccc3cc3ccccc23)=C1. The fourth-order valence-corrected chi connectivity index (χ4v) is 3.15. The van der Waals surface area contributed by atoms with E-state index in [2.05, 4.69) is 72.8 Å². The fourth-order valence-electron chi connectivity index (χ4n) is 3.15. The lowest BCUT2D eigenvalue weighted by Crippen LogP contribution is -1.92. The van der Waals surface area contributed by atoms with Crippen molar-refractivity contribution in [3.8, 4) is 0 Å². The van der Waals surface area contributed by atoms with Crippen molar-refractivity contribution >= 4 is 21.5 Å². The Morgan fingerprint density at radius 2 is 1.45 bits per heavy atom. The van der Waals surface area contributed by atoms with Crippen LogP contribution >= 0.6 is 0 Å². The first-order chi connectivity index (χ1) is 9.92. The predicted molar refractivity (Wildman–Crippen MR) is 87.0 cm³/mol. The summed E-state index contributed by atoms with van der Waals surface area (Å²) < 4.78 is 0. The third-order valence-corrected chi connectivity index (χ3v) is 4.13. The van der Waals surface area contributed by atoms with Crippen LogP contribution in [0.1, 0.15) is 12.0 Å². The molecule has 0 atom stereocenters. The van der Waals surface area contributed by atoms with E-state index in [1.54, 1.807) is 0 Å². The Morgan fingerprint density at radius 1 is 0.800 bits per heavy atom. The van der Waals surface area contributed by atoms with Crippen LogP contribution in [0.4, 0.5) is 0 Å². The van der Waals surface area contributed by atoms with Crippen molar-refractivity contribution in [1.29, 1.82) is 0 Å². The van der Waals surface area contributed by atoms with Crippen molar-refractivity contribution in [2.45, 2.75) is 12.8 Å². The molecule has 0 saturated carbocycles. The molecule has 0 aromatic heterocycles. The number of allylic oxidation sites excluding steroid dienone is 4. The molecule has 0 saturated heterocycles. The second kappa shape index (κ2) is 4.64. The third-order valence-electron chi connectivity index (χ3n) is 4.13. The largest absolute Gasteiger partial charge is 0.0804 e. The van der Waals surface area contributed by atoms with Crippen LogP contribution in [-0.2, 0) is 6.42 Å². The van der Waals surface area contributed by atoms with E-state index in [-0.39, 0.29) is 0 Å². The molecule has 3 aromatic rings. The maximum atomic E-state index is 2.30. The van der Waals surface area contributed by atoms with Gasteiger partial charge in [-0.3, -0.25) is 0 Å². The highest BCUT2D eigenvalue weighted by atomic mass is 14.1. The van der Waals surface area contributed by atoms with E-state index in [1.807, 2.05) is 0 Å². The first-order valence-corrected chi connectivity index (χ1v) is 7.16. The average molecular weight is 256 g/mol. The van der Waals surface area contributed by atoms with Crippen molar-refractivity contribution in [3.63, 3.8) is 0 Å². The molecule has 0 radical (unpaired) electrons. The molecule has 0 nitrogen and oxygen atoms in total. The standard InChI is InChI=1S/C20H16/c1-2-8-15(7-1)13-20-18-11-5-3-9-16(18)14-17-10-4-6-12-19(17)20/h1-7,9-12,14H,8,13H2. The lowest BCUT2D eigenvalue weighted by atomic mass is 9.92. The summed E-state index contributed by atoms with van der Waals surface area (Å²) in [6.45, 7) is 0. The summed E-state index contributed by atoms with van der Waals surface area (Å²) in [6.07, 6.45) is 8.81. The fraction of sp³-hybridized carbons (Fsp3) is 0.100. The molecule has 1 aliphatic rings. The number of benzene rings is 3. The summed E-state index contributed by atoms with van der Waals surface area (Å²) in [5.41, 5.74) is 2.97. The third kappa shape index (κ3) is 1.85. The zero-order valence-corrected chi connectivity index (χ0v) is 11.3. The van der Waals surface area contributed by atoms with E-state index in [9.17, 15) is 0 Å². The monoisotopic (exact) mass is 256 g/mol. The van der Waals surface area contributed by atoms with Crippen LogP contribution in [-0.4, -0.2) is 0 Å². The molecule has 0 N–H and O–H groups in total. The normalized spacial score (nSPS) is 14.1. The van der Waals surface area contributed by atoms with Gasteiger partial charge in [0.1, 0.15) is 0 Å². The molecule has 1 aliphatic carbocycles. The molecule has 0 unspecified atom stereocenters. The maximum absolute atomic E-state index is 2.30. The highest BCUT2D eigenvalue weighted by molar-refractivity contribution is 6.02. The summed E-state index contributed by atoms with van der Waals surface area (Å²) in [4.78, 5) is 0. The minimum atomic E-state index is 1.05. The second-order valence-corrected chi connectivity index (χ2v) is 5.43. The number of hydrogen-bond donors (Lipinski definition) is 0. The first kappa shape index (κ1) is 11.5. The molecule has 0 heteroatoms. The van der Waals surface area contributed by atoms with Crippen LogP contribution in [0.2, 0.25) is 0 Å². The molecular weight excluding hydrogens is 240 g/mol. The van der Waals surface area contributed by atoms with Crippen molar-refractivity contribution in [1.82, 2.24) is 0 Å². The van der Waals surface area contributed by atoms with Gasteiger partial charge in [-0.1, -0.05) is 72.3 Å². The van der Waals surface area contributed by atoms with Gasteiger partial charge in [-0.2, -0.15) is 0 Å². The highest BCUT2D eigenvalue weighted by Crippen LogP contribution is 2.31. The van der Waals surface area contributed by atoms with E-state index in [0.717, 1.165) is 12.8 Å². The van der Waals surface area contributed by atoms with Crippen LogP contribution in [0.15, 0.2) is 78.4 Å². The minimum Gasteiger partial charge on any atom is -0.0804 e. The Kier molecular flexibility index (Phi) is 2.67. The van der Waals surface area contributed by atoms with E-state index >= 15 is 0 Å². The van der Waals surface area contributed by atoms with Crippen LogP contribution < -0.4 is 0 Å². The molecular formula is C20H16. The highest BCUT2D eigenvalue weighted by Gasteiger charge is 2.09. The van der Waals surface area contributed by atoms with Crippen molar-refractivity contribution in [2.24, 2.45) is 0 Å². The van der Waals surface area contributed by atoms with E-state index in [1.165, 1.54) is 32.7 Å². The number of fused-ring (bicyclic) bond motifs is 2. The molecule has 0 amide bonds. The van der Waals surface area contributed by atoms with E-state index < -0.39 is 0 Å². The Labute approximate surface area is 119 Å². The molecule has 20 heavy (non-hydrogen) atoms. The van der Waals surface area contributed by atoms with Gasteiger partial charge >= 0.3 is 0 Å². The summed E-state index contributed by atoms with van der Waals surface area (Å²) in [5.74, 6) is 0. The van der Waals surface area contributed by atoms with Gasteiger partial charge in [-0.15, -0.1) is 0 Å². The molecule has 3 aromatic carbocycles. The summed E-state index contributed by atoms with van der Waals surface area (Å²) in [5, 5.41) is 5.46. The van der Waals surface area contributed by atoms with Crippen LogP contribution in [0, 0.1) is 0 Å². The van der Waals surface area contributed by atoms with Gasteiger partial charge in [0.05, 0.1) is 0 Å². The molecule has 96 valence electrons. The number of rotatable bonds is 2. The van der Waals surface area contributed by atoms with Gasteiger partial charge in [0.15, 0.2) is 0 Å². The van der Waals surface area contributed by atoms with Gasteiger partial charge in [-0.05, 0) is 46.0 Å². The van der Waals surface area contributed by atoms with Crippen LogP contribution in [0.3, 0.4) is 0 Å². The first-order valence-electron chi connectivity index (χ1n) is 7.16.